The van der Waals surface area contributed by atoms with Gasteiger partial charge in [-0.1, -0.05) is 36.2 Å². The predicted molar refractivity (Wildman–Crippen MR) is 120 cm³/mol. The van der Waals surface area contributed by atoms with Gasteiger partial charge in [-0.05, 0) is 49.2 Å². The molecule has 0 aliphatic rings. The highest BCUT2D eigenvalue weighted by Gasteiger charge is 2.13. The number of aryl methyl sites for hydroxylation is 1. The average molecular weight is 431 g/mol. The van der Waals surface area contributed by atoms with Crippen LogP contribution >= 0.6 is 11.6 Å². The SMILES string of the molecule is CCCOc1c(Cl)cc(/C=C/C(=O)N(C)CC(=O)Nc2ccc(C)cc2)cc1OC. The number of rotatable bonds is 9. The molecule has 2 aromatic carbocycles. The maximum atomic E-state index is 12.4. The Hall–Kier alpha value is -2.99. The summed E-state index contributed by atoms with van der Waals surface area (Å²) in [4.78, 5) is 25.9. The Kier molecular flexibility index (Phi) is 8.74. The van der Waals surface area contributed by atoms with Crippen LogP contribution in [-0.4, -0.2) is 44.0 Å². The molecule has 0 heterocycles. The Morgan fingerprint density at radius 1 is 1.20 bits per heavy atom. The van der Waals surface area contributed by atoms with Gasteiger partial charge in [-0.3, -0.25) is 9.59 Å². The predicted octanol–water partition coefficient (Wildman–Crippen LogP) is 4.56. The molecule has 0 unspecified atom stereocenters. The van der Waals surface area contributed by atoms with E-state index in [1.54, 1.807) is 25.3 Å². The molecule has 0 aromatic heterocycles. The number of anilines is 1. The lowest BCUT2D eigenvalue weighted by molar-refractivity contribution is -0.129. The van der Waals surface area contributed by atoms with E-state index < -0.39 is 0 Å². The molecule has 0 aliphatic carbocycles. The van der Waals surface area contributed by atoms with Gasteiger partial charge in [0.25, 0.3) is 0 Å². The van der Waals surface area contributed by atoms with Crippen molar-refractivity contribution in [1.82, 2.24) is 4.90 Å². The number of nitrogens with zero attached hydrogens (tertiary/aromatic N) is 1. The van der Waals surface area contributed by atoms with Crippen LogP contribution in [0, 0.1) is 6.92 Å². The van der Waals surface area contributed by atoms with E-state index >= 15 is 0 Å². The van der Waals surface area contributed by atoms with Crippen LogP contribution < -0.4 is 14.8 Å². The second kappa shape index (κ2) is 11.3. The van der Waals surface area contributed by atoms with Crippen LogP contribution in [0.5, 0.6) is 11.5 Å². The first-order chi connectivity index (χ1) is 14.3. The lowest BCUT2D eigenvalue weighted by Crippen LogP contribution is -2.33. The number of ether oxygens (including phenoxy) is 2. The lowest BCUT2D eigenvalue weighted by atomic mass is 10.2. The number of halogens is 1. The fraction of sp³-hybridized carbons (Fsp3) is 0.304. The van der Waals surface area contributed by atoms with Crippen molar-refractivity contribution in [2.75, 3.05) is 32.6 Å². The molecule has 0 aliphatic heterocycles. The molecule has 0 fully saturated rings. The summed E-state index contributed by atoms with van der Waals surface area (Å²) in [5.74, 6) is 0.393. The minimum atomic E-state index is -0.310. The Bertz CT molecular complexity index is 910. The van der Waals surface area contributed by atoms with E-state index in [0.717, 1.165) is 12.0 Å². The maximum Gasteiger partial charge on any atom is 0.246 e. The second-order valence-electron chi connectivity index (χ2n) is 6.82. The van der Waals surface area contributed by atoms with Gasteiger partial charge in [0.15, 0.2) is 11.5 Å². The summed E-state index contributed by atoms with van der Waals surface area (Å²) < 4.78 is 11.0. The summed E-state index contributed by atoms with van der Waals surface area (Å²) in [5, 5.41) is 3.17. The number of hydrogen-bond donors (Lipinski definition) is 1. The molecule has 0 spiro atoms. The van der Waals surface area contributed by atoms with Crippen molar-refractivity contribution in [1.29, 1.82) is 0 Å². The van der Waals surface area contributed by atoms with Crippen LogP contribution in [0.2, 0.25) is 5.02 Å². The van der Waals surface area contributed by atoms with Crippen LogP contribution in [-0.2, 0) is 9.59 Å². The van der Waals surface area contributed by atoms with Crippen molar-refractivity contribution < 1.29 is 19.1 Å². The molecule has 0 atom stereocenters. The Morgan fingerprint density at radius 2 is 1.90 bits per heavy atom. The Balaban J connectivity index is 1.99. The second-order valence-corrected chi connectivity index (χ2v) is 7.23. The zero-order valence-electron chi connectivity index (χ0n) is 17.7. The number of carbonyl (C=O) groups is 2. The van der Waals surface area contributed by atoms with E-state index in [1.165, 1.54) is 18.1 Å². The molecule has 30 heavy (non-hydrogen) atoms. The number of methoxy groups -OCH3 is 1. The third-order valence-corrected chi connectivity index (χ3v) is 4.49. The summed E-state index contributed by atoms with van der Waals surface area (Å²) in [7, 11) is 3.10. The number of benzene rings is 2. The molecule has 0 bridgehead atoms. The summed E-state index contributed by atoms with van der Waals surface area (Å²) in [6, 6.07) is 10.9. The van der Waals surface area contributed by atoms with Crippen molar-refractivity contribution >= 4 is 35.2 Å². The Morgan fingerprint density at radius 3 is 2.53 bits per heavy atom. The van der Waals surface area contributed by atoms with Crippen LogP contribution in [0.3, 0.4) is 0 Å². The van der Waals surface area contributed by atoms with Gasteiger partial charge in [0.2, 0.25) is 11.8 Å². The number of likely N-dealkylation sites (N-methyl/N-ethyl adjacent to an activating group) is 1. The zero-order valence-corrected chi connectivity index (χ0v) is 18.5. The standard InChI is InChI=1S/C23H27ClN2O4/c1-5-12-30-23-19(24)13-17(14-20(23)29-4)8-11-22(28)26(3)15-21(27)25-18-9-6-16(2)7-10-18/h6-11,13-14H,5,12,15H2,1-4H3,(H,25,27)/b11-8+. The highest BCUT2D eigenvalue weighted by molar-refractivity contribution is 6.32. The quantitative estimate of drug-likeness (QED) is 0.592. The molecule has 1 N–H and O–H groups in total. The number of hydrogen-bond acceptors (Lipinski definition) is 4. The maximum absolute atomic E-state index is 12.4. The van der Waals surface area contributed by atoms with E-state index in [2.05, 4.69) is 5.32 Å². The molecular formula is C23H27ClN2O4. The van der Waals surface area contributed by atoms with Gasteiger partial charge in [0.1, 0.15) is 0 Å². The summed E-state index contributed by atoms with van der Waals surface area (Å²) in [6.45, 7) is 4.43. The van der Waals surface area contributed by atoms with Crippen molar-refractivity contribution in [3.8, 4) is 11.5 Å². The minimum absolute atomic E-state index is 0.0646. The van der Waals surface area contributed by atoms with Gasteiger partial charge in [-0.15, -0.1) is 0 Å². The van der Waals surface area contributed by atoms with Gasteiger partial charge >= 0.3 is 0 Å². The van der Waals surface area contributed by atoms with Crippen molar-refractivity contribution in [3.05, 3.63) is 58.6 Å². The Labute approximate surface area is 182 Å². The fourth-order valence-corrected chi connectivity index (χ4v) is 2.88. The molecule has 6 nitrogen and oxygen atoms in total. The topological polar surface area (TPSA) is 67.9 Å². The summed E-state index contributed by atoms with van der Waals surface area (Å²) in [6.07, 6.45) is 3.85. The third-order valence-electron chi connectivity index (χ3n) is 4.21. The van der Waals surface area contributed by atoms with Gasteiger partial charge in [0, 0.05) is 18.8 Å². The molecule has 7 heteroatoms. The average Bonchev–Trinajstić information content (AvgIpc) is 2.72. The van der Waals surface area contributed by atoms with Crippen LogP contribution in [0.15, 0.2) is 42.5 Å². The van der Waals surface area contributed by atoms with Crippen molar-refractivity contribution in [2.24, 2.45) is 0 Å². The van der Waals surface area contributed by atoms with Crippen molar-refractivity contribution in [2.45, 2.75) is 20.3 Å². The van der Waals surface area contributed by atoms with Crippen molar-refractivity contribution in [3.63, 3.8) is 0 Å². The van der Waals surface area contributed by atoms with Crippen LogP contribution in [0.25, 0.3) is 6.08 Å². The summed E-state index contributed by atoms with van der Waals surface area (Å²) in [5.41, 5.74) is 2.48. The molecule has 2 amide bonds. The van der Waals surface area contributed by atoms with E-state index in [0.29, 0.717) is 34.4 Å². The highest BCUT2D eigenvalue weighted by atomic mass is 35.5. The van der Waals surface area contributed by atoms with E-state index in [9.17, 15) is 9.59 Å². The van der Waals surface area contributed by atoms with Gasteiger partial charge in [0.05, 0.1) is 25.3 Å². The molecule has 0 saturated heterocycles. The smallest absolute Gasteiger partial charge is 0.246 e. The minimum Gasteiger partial charge on any atom is -0.493 e. The normalized spacial score (nSPS) is 10.7. The molecule has 0 radical (unpaired) electrons. The van der Waals surface area contributed by atoms with E-state index in [-0.39, 0.29) is 18.4 Å². The first-order valence-corrected chi connectivity index (χ1v) is 10.0. The molecular weight excluding hydrogens is 404 g/mol. The number of amides is 2. The van der Waals surface area contributed by atoms with E-state index in [1.807, 2.05) is 38.1 Å². The zero-order chi connectivity index (χ0) is 22.1. The van der Waals surface area contributed by atoms with Gasteiger partial charge < -0.3 is 19.7 Å². The number of carbonyl (C=O) groups excluding carboxylic acids is 2. The van der Waals surface area contributed by atoms with Crippen LogP contribution in [0.4, 0.5) is 5.69 Å². The molecule has 0 saturated carbocycles. The number of nitrogens with one attached hydrogen (secondary N) is 1. The first-order valence-electron chi connectivity index (χ1n) is 9.64. The van der Waals surface area contributed by atoms with E-state index in [4.69, 9.17) is 21.1 Å². The first kappa shape index (κ1) is 23.3. The monoisotopic (exact) mass is 430 g/mol. The largest absolute Gasteiger partial charge is 0.493 e. The molecule has 2 aromatic rings. The fourth-order valence-electron chi connectivity index (χ4n) is 2.61. The van der Waals surface area contributed by atoms with Gasteiger partial charge in [-0.25, -0.2) is 0 Å². The lowest BCUT2D eigenvalue weighted by Gasteiger charge is -2.15. The highest BCUT2D eigenvalue weighted by Crippen LogP contribution is 2.36. The molecule has 160 valence electrons. The third kappa shape index (κ3) is 6.81. The van der Waals surface area contributed by atoms with Gasteiger partial charge in [-0.2, -0.15) is 0 Å². The summed E-state index contributed by atoms with van der Waals surface area (Å²) >= 11 is 6.30. The van der Waals surface area contributed by atoms with Crippen LogP contribution in [0.1, 0.15) is 24.5 Å². The molecule has 2 rings (SSSR count).